The van der Waals surface area contributed by atoms with Crippen LogP contribution in [0.15, 0.2) is 41.3 Å². The molecule has 2 rings (SSSR count). The van der Waals surface area contributed by atoms with E-state index in [1.54, 1.807) is 30.3 Å². The number of hydrogen-bond donors (Lipinski definition) is 3. The van der Waals surface area contributed by atoms with Gasteiger partial charge in [-0.2, -0.15) is 0 Å². The van der Waals surface area contributed by atoms with Gasteiger partial charge in [0.25, 0.3) is 0 Å². The van der Waals surface area contributed by atoms with Gasteiger partial charge in [-0.3, -0.25) is 9.59 Å². The van der Waals surface area contributed by atoms with Crippen molar-refractivity contribution in [1.29, 1.82) is 0 Å². The molecule has 2 amide bonds. The standard InChI is InChI=1S/C16H19N5O2S2/c1-4-9-17-15-20-21-16(25-15)24-10(2)14(23)19-13-7-5-12(6-8-13)18-11(3)22/h4-8,10H,1,9H2,2-3H3,(H,17,20)(H,18,22)(H,19,23)/t10-/m0/s1. The first-order chi connectivity index (χ1) is 12.0. The molecule has 0 aliphatic heterocycles. The molecular formula is C16H19N5O2S2. The summed E-state index contributed by atoms with van der Waals surface area (Å²) in [6.07, 6.45) is 1.74. The van der Waals surface area contributed by atoms with Crippen LogP contribution < -0.4 is 16.0 Å². The van der Waals surface area contributed by atoms with Crippen molar-refractivity contribution in [1.82, 2.24) is 10.2 Å². The second kappa shape index (κ2) is 9.19. The van der Waals surface area contributed by atoms with Crippen LogP contribution in [0.1, 0.15) is 13.8 Å². The zero-order chi connectivity index (χ0) is 18.2. The Bertz CT molecular complexity index is 745. The molecule has 0 aliphatic carbocycles. The Kier molecular flexibility index (Phi) is 6.96. The highest BCUT2D eigenvalue weighted by atomic mass is 32.2. The van der Waals surface area contributed by atoms with E-state index in [2.05, 4.69) is 32.7 Å². The van der Waals surface area contributed by atoms with Crippen LogP contribution in [0.3, 0.4) is 0 Å². The summed E-state index contributed by atoms with van der Waals surface area (Å²) in [5, 5.41) is 17.0. The van der Waals surface area contributed by atoms with Crippen molar-refractivity contribution in [2.24, 2.45) is 0 Å². The van der Waals surface area contributed by atoms with Crippen LogP contribution in [0.2, 0.25) is 0 Å². The van der Waals surface area contributed by atoms with E-state index in [0.29, 0.717) is 23.1 Å². The van der Waals surface area contributed by atoms with E-state index in [-0.39, 0.29) is 17.1 Å². The number of hydrogen-bond acceptors (Lipinski definition) is 7. The van der Waals surface area contributed by atoms with Gasteiger partial charge in [0.1, 0.15) is 0 Å². The van der Waals surface area contributed by atoms with Crippen LogP contribution in [0.4, 0.5) is 16.5 Å². The molecule has 132 valence electrons. The van der Waals surface area contributed by atoms with Gasteiger partial charge < -0.3 is 16.0 Å². The molecule has 0 saturated heterocycles. The number of benzene rings is 1. The molecule has 25 heavy (non-hydrogen) atoms. The minimum absolute atomic E-state index is 0.131. The van der Waals surface area contributed by atoms with Crippen LogP contribution in [-0.4, -0.2) is 33.8 Å². The minimum atomic E-state index is -0.324. The third-order valence-corrected chi connectivity index (χ3v) is 4.99. The molecule has 7 nitrogen and oxygen atoms in total. The van der Waals surface area contributed by atoms with E-state index in [4.69, 9.17) is 0 Å². The second-order valence-electron chi connectivity index (χ2n) is 5.05. The molecule has 9 heteroatoms. The summed E-state index contributed by atoms with van der Waals surface area (Å²) in [7, 11) is 0. The van der Waals surface area contributed by atoms with Crippen molar-refractivity contribution < 1.29 is 9.59 Å². The third kappa shape index (κ3) is 6.20. The number of amides is 2. The smallest absolute Gasteiger partial charge is 0.237 e. The first-order valence-electron chi connectivity index (χ1n) is 7.51. The number of carbonyl (C=O) groups excluding carboxylic acids is 2. The minimum Gasteiger partial charge on any atom is -0.357 e. The summed E-state index contributed by atoms with van der Waals surface area (Å²) in [5.74, 6) is -0.270. The Labute approximate surface area is 154 Å². The maximum atomic E-state index is 12.3. The third-order valence-electron chi connectivity index (χ3n) is 2.92. The lowest BCUT2D eigenvalue weighted by Crippen LogP contribution is -2.22. The second-order valence-corrected chi connectivity index (χ2v) is 7.62. The average molecular weight is 377 g/mol. The molecule has 0 unspecified atom stereocenters. The van der Waals surface area contributed by atoms with Gasteiger partial charge in [0.05, 0.1) is 5.25 Å². The Balaban J connectivity index is 1.88. The fraction of sp³-hybridized carbons (Fsp3) is 0.250. The monoisotopic (exact) mass is 377 g/mol. The van der Waals surface area contributed by atoms with E-state index in [1.165, 1.54) is 30.0 Å². The Morgan fingerprint density at radius 2 is 1.88 bits per heavy atom. The predicted octanol–water partition coefficient (Wildman–Crippen LogP) is 3.21. The highest BCUT2D eigenvalue weighted by Gasteiger charge is 2.17. The molecule has 1 heterocycles. The summed E-state index contributed by atoms with van der Waals surface area (Å²) in [4.78, 5) is 23.3. The molecule has 0 fully saturated rings. The number of rotatable bonds is 8. The molecule has 1 aromatic carbocycles. The van der Waals surface area contributed by atoms with E-state index < -0.39 is 0 Å². The van der Waals surface area contributed by atoms with Gasteiger partial charge in [0.2, 0.25) is 16.9 Å². The van der Waals surface area contributed by atoms with E-state index in [0.717, 1.165) is 4.34 Å². The zero-order valence-corrected chi connectivity index (χ0v) is 15.5. The van der Waals surface area contributed by atoms with Gasteiger partial charge in [0, 0.05) is 24.8 Å². The van der Waals surface area contributed by atoms with E-state index >= 15 is 0 Å². The molecule has 2 aromatic rings. The summed E-state index contributed by atoms with van der Waals surface area (Å²) >= 11 is 2.74. The molecule has 0 aliphatic rings. The van der Waals surface area contributed by atoms with E-state index in [1.807, 2.05) is 6.92 Å². The van der Waals surface area contributed by atoms with Crippen LogP contribution in [0.25, 0.3) is 0 Å². The van der Waals surface area contributed by atoms with Crippen molar-refractivity contribution in [3.8, 4) is 0 Å². The van der Waals surface area contributed by atoms with Crippen molar-refractivity contribution in [3.05, 3.63) is 36.9 Å². The maximum Gasteiger partial charge on any atom is 0.237 e. The Morgan fingerprint density at radius 3 is 2.48 bits per heavy atom. The van der Waals surface area contributed by atoms with Crippen molar-refractivity contribution in [3.63, 3.8) is 0 Å². The maximum absolute atomic E-state index is 12.3. The van der Waals surface area contributed by atoms with Crippen molar-refractivity contribution >= 4 is 51.4 Å². The van der Waals surface area contributed by atoms with Gasteiger partial charge >= 0.3 is 0 Å². The highest BCUT2D eigenvalue weighted by molar-refractivity contribution is 8.02. The number of anilines is 3. The van der Waals surface area contributed by atoms with Crippen LogP contribution in [-0.2, 0) is 9.59 Å². The van der Waals surface area contributed by atoms with Crippen LogP contribution >= 0.6 is 23.1 Å². The summed E-state index contributed by atoms with van der Waals surface area (Å²) in [6, 6.07) is 6.94. The SMILES string of the molecule is C=CCNc1nnc(S[C@@H](C)C(=O)Nc2ccc(NC(C)=O)cc2)s1. The lowest BCUT2D eigenvalue weighted by atomic mass is 10.2. The van der Waals surface area contributed by atoms with Gasteiger partial charge in [-0.15, -0.1) is 16.8 Å². The fourth-order valence-corrected chi connectivity index (χ4v) is 3.68. The Morgan fingerprint density at radius 1 is 1.24 bits per heavy atom. The lowest BCUT2D eigenvalue weighted by molar-refractivity contribution is -0.115. The first-order valence-corrected chi connectivity index (χ1v) is 9.21. The molecule has 0 spiro atoms. The van der Waals surface area contributed by atoms with Gasteiger partial charge in [-0.1, -0.05) is 29.2 Å². The van der Waals surface area contributed by atoms with Crippen molar-refractivity contribution in [2.75, 3.05) is 22.5 Å². The average Bonchev–Trinajstić information content (AvgIpc) is 3.01. The largest absolute Gasteiger partial charge is 0.357 e. The molecule has 3 N–H and O–H groups in total. The molecule has 0 radical (unpaired) electrons. The van der Waals surface area contributed by atoms with Crippen LogP contribution in [0.5, 0.6) is 0 Å². The zero-order valence-electron chi connectivity index (χ0n) is 13.9. The topological polar surface area (TPSA) is 96.0 Å². The number of thioether (sulfide) groups is 1. The van der Waals surface area contributed by atoms with Gasteiger partial charge in [-0.05, 0) is 31.2 Å². The molecule has 0 saturated carbocycles. The summed E-state index contributed by atoms with van der Waals surface area (Å²) < 4.78 is 0.718. The summed E-state index contributed by atoms with van der Waals surface area (Å²) in [6.45, 7) is 7.50. The highest BCUT2D eigenvalue weighted by Crippen LogP contribution is 2.29. The fourth-order valence-electron chi connectivity index (χ4n) is 1.78. The summed E-state index contributed by atoms with van der Waals surface area (Å²) in [5.41, 5.74) is 1.35. The van der Waals surface area contributed by atoms with E-state index in [9.17, 15) is 9.59 Å². The lowest BCUT2D eigenvalue weighted by Gasteiger charge is -2.11. The number of nitrogens with one attached hydrogen (secondary N) is 3. The predicted molar refractivity (Wildman–Crippen MR) is 103 cm³/mol. The van der Waals surface area contributed by atoms with Gasteiger partial charge in [-0.25, -0.2) is 0 Å². The van der Waals surface area contributed by atoms with Gasteiger partial charge in [0.15, 0.2) is 4.34 Å². The van der Waals surface area contributed by atoms with Crippen molar-refractivity contribution in [2.45, 2.75) is 23.4 Å². The molecule has 0 bridgehead atoms. The number of aromatic nitrogens is 2. The molecule has 1 atom stereocenters. The van der Waals surface area contributed by atoms with Crippen LogP contribution in [0, 0.1) is 0 Å². The molecule has 1 aromatic heterocycles. The Hall–Kier alpha value is -2.39. The molecular weight excluding hydrogens is 358 g/mol. The quantitative estimate of drug-likeness (QED) is 0.483. The number of nitrogens with zero attached hydrogens (tertiary/aromatic N) is 2. The number of carbonyl (C=O) groups is 2. The first kappa shape index (κ1) is 18.9. The normalized spacial score (nSPS) is 11.4.